The highest BCUT2D eigenvalue weighted by molar-refractivity contribution is 6.35. The maximum atomic E-state index is 14.4. The van der Waals surface area contributed by atoms with Crippen molar-refractivity contribution in [1.82, 2.24) is 10.0 Å². The van der Waals surface area contributed by atoms with Crippen molar-refractivity contribution in [2.75, 3.05) is 0 Å². The average molecular weight is 598 g/mol. The van der Waals surface area contributed by atoms with Crippen LogP contribution in [0.5, 0.6) is 0 Å². The van der Waals surface area contributed by atoms with Gasteiger partial charge in [0.05, 0.1) is 23.3 Å². The van der Waals surface area contributed by atoms with Gasteiger partial charge in [-0.15, -0.1) is 0 Å². The number of nitro groups is 1. The van der Waals surface area contributed by atoms with Gasteiger partial charge in [-0.05, 0) is 52.1 Å². The quantitative estimate of drug-likeness (QED) is 0.151. The van der Waals surface area contributed by atoms with E-state index in [1.807, 2.05) is 48.5 Å². The maximum absolute atomic E-state index is 14.4. The minimum atomic E-state index is -0.694. The number of nitrogens with zero attached hydrogens (tertiary/aromatic N) is 3. The zero-order valence-corrected chi connectivity index (χ0v) is 23.3. The van der Waals surface area contributed by atoms with E-state index in [1.165, 1.54) is 30.3 Å². The highest BCUT2D eigenvalue weighted by Crippen LogP contribution is 2.61. The van der Waals surface area contributed by atoms with E-state index in [1.54, 1.807) is 12.1 Å². The number of carbonyl (C=O) groups excluding carboxylic acids is 3. The standard InChI is InChI=1S/C32H21Cl2N3O5/c33-19-12-9-18(25(34)15-19)16-35(30(38)17-10-13-20(14-11-17)37(41)42)36-31(39)28-26-21-5-1-2-6-22(21)27(29(28)32(36)40)24-8-4-3-7-23(24)26/h1-15,26-29H,16H2/t26?,27?,28-,29-/m0/s1. The summed E-state index contributed by atoms with van der Waals surface area (Å²) in [6, 6.07) is 25.6. The lowest BCUT2D eigenvalue weighted by atomic mass is 9.55. The molecule has 0 unspecified atom stereocenters. The van der Waals surface area contributed by atoms with Crippen LogP contribution >= 0.6 is 23.2 Å². The molecule has 1 heterocycles. The van der Waals surface area contributed by atoms with E-state index >= 15 is 0 Å². The Bertz CT molecular complexity index is 1710. The van der Waals surface area contributed by atoms with Gasteiger partial charge in [0.25, 0.3) is 23.4 Å². The molecule has 0 radical (unpaired) electrons. The summed E-state index contributed by atoms with van der Waals surface area (Å²) in [5, 5.41) is 13.9. The Kier molecular flexibility index (Phi) is 6.15. The third-order valence-electron chi connectivity index (χ3n) is 8.56. The van der Waals surface area contributed by atoms with Crippen LogP contribution in [0, 0.1) is 22.0 Å². The van der Waals surface area contributed by atoms with Crippen LogP contribution in [-0.4, -0.2) is 32.7 Å². The van der Waals surface area contributed by atoms with Crippen molar-refractivity contribution in [3.63, 3.8) is 0 Å². The van der Waals surface area contributed by atoms with Crippen molar-refractivity contribution in [3.05, 3.63) is 145 Å². The fourth-order valence-corrected chi connectivity index (χ4v) is 7.29. The van der Waals surface area contributed by atoms with Crippen LogP contribution in [-0.2, 0) is 16.1 Å². The number of hydrazine groups is 1. The molecule has 4 aromatic carbocycles. The summed E-state index contributed by atoms with van der Waals surface area (Å²) in [6.07, 6.45) is 0. The largest absolute Gasteiger partial charge is 0.273 e. The first-order valence-corrected chi connectivity index (χ1v) is 14.1. The van der Waals surface area contributed by atoms with Gasteiger partial charge >= 0.3 is 0 Å². The SMILES string of the molecule is O=C(c1ccc([N+](=O)[O-])cc1)N(Cc1ccc(Cl)cc1Cl)N1C(=O)[C@H]2C3c4ccccc4C(c4ccccc43)[C@@H]2C1=O. The van der Waals surface area contributed by atoms with Crippen LogP contribution in [0.15, 0.2) is 91.0 Å². The van der Waals surface area contributed by atoms with Gasteiger partial charge in [0.1, 0.15) is 0 Å². The molecule has 4 aromatic rings. The number of benzene rings is 4. The Balaban J connectivity index is 1.34. The molecule has 2 atom stereocenters. The molecule has 3 aliphatic carbocycles. The zero-order valence-electron chi connectivity index (χ0n) is 21.8. The molecule has 0 spiro atoms. The van der Waals surface area contributed by atoms with Gasteiger partial charge in [0.2, 0.25) is 0 Å². The molecule has 1 aliphatic heterocycles. The lowest BCUT2D eigenvalue weighted by Gasteiger charge is -2.45. The van der Waals surface area contributed by atoms with Crippen LogP contribution in [0.2, 0.25) is 10.0 Å². The number of amides is 3. The predicted molar refractivity (Wildman–Crippen MR) is 155 cm³/mol. The molecule has 2 bridgehead atoms. The van der Waals surface area contributed by atoms with Crippen LogP contribution in [0.3, 0.4) is 0 Å². The number of rotatable bonds is 5. The van der Waals surface area contributed by atoms with E-state index in [-0.39, 0.29) is 34.7 Å². The molecular weight excluding hydrogens is 577 g/mol. The topological polar surface area (TPSA) is 101 Å². The normalized spacial score (nSPS) is 21.5. The number of halogens is 2. The van der Waals surface area contributed by atoms with E-state index in [0.717, 1.165) is 32.3 Å². The van der Waals surface area contributed by atoms with Gasteiger partial charge in [-0.1, -0.05) is 77.8 Å². The van der Waals surface area contributed by atoms with E-state index in [0.29, 0.717) is 10.6 Å². The molecule has 208 valence electrons. The first-order chi connectivity index (χ1) is 20.3. The Hall–Kier alpha value is -4.53. The molecule has 42 heavy (non-hydrogen) atoms. The number of non-ortho nitro benzene ring substituents is 1. The van der Waals surface area contributed by atoms with Gasteiger partial charge in [0.15, 0.2) is 0 Å². The van der Waals surface area contributed by atoms with Gasteiger partial charge in [0, 0.05) is 39.6 Å². The van der Waals surface area contributed by atoms with Gasteiger partial charge in [-0.3, -0.25) is 24.5 Å². The zero-order chi connectivity index (χ0) is 29.3. The van der Waals surface area contributed by atoms with Crippen molar-refractivity contribution in [2.45, 2.75) is 18.4 Å². The highest BCUT2D eigenvalue weighted by Gasteiger charge is 2.63. The summed E-state index contributed by atoms with van der Waals surface area (Å²) >= 11 is 12.6. The molecule has 0 saturated carbocycles. The smallest absolute Gasteiger partial charge is 0.272 e. The van der Waals surface area contributed by atoms with Crippen LogP contribution in [0.25, 0.3) is 0 Å². The Labute approximate surface area is 250 Å². The summed E-state index contributed by atoms with van der Waals surface area (Å²) in [7, 11) is 0. The first-order valence-electron chi connectivity index (χ1n) is 13.3. The maximum Gasteiger partial charge on any atom is 0.273 e. The summed E-state index contributed by atoms with van der Waals surface area (Å²) in [5.74, 6) is -3.68. The fourth-order valence-electron chi connectivity index (χ4n) is 6.82. The second-order valence-electron chi connectivity index (χ2n) is 10.7. The molecule has 3 amide bonds. The molecule has 8 rings (SSSR count). The third kappa shape index (κ3) is 3.86. The number of carbonyl (C=O) groups is 3. The minimum absolute atomic E-state index is 0.0794. The molecule has 8 nitrogen and oxygen atoms in total. The van der Waals surface area contributed by atoms with E-state index in [2.05, 4.69) is 0 Å². The molecule has 1 saturated heterocycles. The van der Waals surface area contributed by atoms with Crippen molar-refractivity contribution < 1.29 is 19.3 Å². The lowest BCUT2D eigenvalue weighted by molar-refractivity contribution is -0.384. The first kappa shape index (κ1) is 26.4. The molecular formula is C32H21Cl2N3O5. The Morgan fingerprint density at radius 1 is 0.786 bits per heavy atom. The molecule has 0 aromatic heterocycles. The third-order valence-corrected chi connectivity index (χ3v) is 9.15. The molecule has 0 N–H and O–H groups in total. The van der Waals surface area contributed by atoms with Crippen molar-refractivity contribution in [3.8, 4) is 0 Å². The van der Waals surface area contributed by atoms with Gasteiger partial charge in [-0.2, -0.15) is 5.01 Å². The Morgan fingerprint density at radius 2 is 1.29 bits per heavy atom. The number of nitro benzene ring substituents is 1. The van der Waals surface area contributed by atoms with Crippen LogP contribution < -0.4 is 0 Å². The van der Waals surface area contributed by atoms with Crippen molar-refractivity contribution in [2.24, 2.45) is 11.8 Å². The number of imide groups is 1. The second kappa shape index (κ2) is 9.79. The summed E-state index contributed by atoms with van der Waals surface area (Å²) in [6.45, 7) is -0.196. The van der Waals surface area contributed by atoms with Gasteiger partial charge in [-0.25, -0.2) is 5.01 Å². The molecule has 1 fully saturated rings. The van der Waals surface area contributed by atoms with E-state index < -0.39 is 34.5 Å². The minimum Gasteiger partial charge on any atom is -0.272 e. The Morgan fingerprint density at radius 3 is 1.74 bits per heavy atom. The summed E-state index contributed by atoms with van der Waals surface area (Å²) in [4.78, 5) is 53.4. The fraction of sp³-hybridized carbons (Fsp3) is 0.156. The van der Waals surface area contributed by atoms with Crippen LogP contribution in [0.1, 0.15) is 50.0 Å². The van der Waals surface area contributed by atoms with Crippen molar-refractivity contribution >= 4 is 46.6 Å². The lowest BCUT2D eigenvalue weighted by Crippen LogP contribution is -2.50. The molecule has 4 aliphatic rings. The number of hydrogen-bond donors (Lipinski definition) is 0. The van der Waals surface area contributed by atoms with Crippen LogP contribution in [0.4, 0.5) is 5.69 Å². The highest BCUT2D eigenvalue weighted by atomic mass is 35.5. The molecule has 10 heteroatoms. The average Bonchev–Trinajstić information content (AvgIpc) is 3.26. The predicted octanol–water partition coefficient (Wildman–Crippen LogP) is 6.35. The van der Waals surface area contributed by atoms with Crippen molar-refractivity contribution in [1.29, 1.82) is 0 Å². The second-order valence-corrected chi connectivity index (χ2v) is 11.5. The number of hydrogen-bond acceptors (Lipinski definition) is 5. The summed E-state index contributed by atoms with van der Waals surface area (Å²) in [5.41, 5.74) is 4.42. The monoisotopic (exact) mass is 597 g/mol. The van der Waals surface area contributed by atoms with E-state index in [4.69, 9.17) is 23.2 Å². The van der Waals surface area contributed by atoms with Gasteiger partial charge < -0.3 is 0 Å². The van der Waals surface area contributed by atoms with E-state index in [9.17, 15) is 24.5 Å². The summed E-state index contributed by atoms with van der Waals surface area (Å²) < 4.78 is 0.